The van der Waals surface area contributed by atoms with Gasteiger partial charge in [-0.3, -0.25) is 0 Å². The molecule has 0 aromatic heterocycles. The lowest BCUT2D eigenvalue weighted by atomic mass is 9.92. The Morgan fingerprint density at radius 2 is 0.897 bits per heavy atom. The first-order valence-corrected chi connectivity index (χ1v) is 13.3. The molecular weight excluding hydrogens is 472 g/mol. The first-order valence-electron chi connectivity index (χ1n) is 13.3. The van der Waals surface area contributed by atoms with E-state index in [0.717, 1.165) is 16.9 Å². The second kappa shape index (κ2) is 8.68. The highest BCUT2D eigenvalue weighted by Gasteiger charge is 2.13. The molecule has 0 saturated heterocycles. The molecule has 0 aliphatic rings. The zero-order valence-corrected chi connectivity index (χ0v) is 21.3. The Bertz CT molecular complexity index is 2100. The van der Waals surface area contributed by atoms with Crippen LogP contribution in [0.1, 0.15) is 5.56 Å². The second-order valence-electron chi connectivity index (χ2n) is 10.1. The van der Waals surface area contributed by atoms with Gasteiger partial charge >= 0.3 is 0 Å². The van der Waals surface area contributed by atoms with E-state index in [2.05, 4.69) is 145 Å². The summed E-state index contributed by atoms with van der Waals surface area (Å²) in [4.78, 5) is 0. The fourth-order valence-corrected chi connectivity index (χ4v) is 5.89. The van der Waals surface area contributed by atoms with Crippen molar-refractivity contribution < 1.29 is 0 Å². The minimum absolute atomic E-state index is 1.03. The molecule has 0 N–H and O–H groups in total. The van der Waals surface area contributed by atoms with E-state index in [-0.39, 0.29) is 0 Å². The van der Waals surface area contributed by atoms with Gasteiger partial charge in [-0.1, -0.05) is 115 Å². The number of hydrogen-bond acceptors (Lipinski definition) is 2. The van der Waals surface area contributed by atoms with Crippen molar-refractivity contribution in [3.05, 3.63) is 145 Å². The highest BCUT2D eigenvalue weighted by molar-refractivity contribution is 6.25. The van der Waals surface area contributed by atoms with Crippen LogP contribution >= 0.6 is 0 Å². The van der Waals surface area contributed by atoms with E-state index in [1.54, 1.807) is 0 Å². The van der Waals surface area contributed by atoms with E-state index in [9.17, 15) is 0 Å². The van der Waals surface area contributed by atoms with Gasteiger partial charge in [-0.2, -0.15) is 5.10 Å². The molecule has 0 atom stereocenters. The van der Waals surface area contributed by atoms with Gasteiger partial charge in [0.15, 0.2) is 0 Å². The SMILES string of the molecule is C(=NN(c1ccc2ccccc2c1)c1ccc2ccccc2c1)c1ccc2ccc3cccc4ccc1c2c34. The third-order valence-corrected chi connectivity index (χ3v) is 7.83. The molecular formula is C37H24N2. The van der Waals surface area contributed by atoms with Gasteiger partial charge in [0.1, 0.15) is 0 Å². The van der Waals surface area contributed by atoms with Crippen molar-refractivity contribution in [2.24, 2.45) is 5.10 Å². The molecule has 0 fully saturated rings. The molecule has 0 aliphatic carbocycles. The van der Waals surface area contributed by atoms with Crippen molar-refractivity contribution in [2.75, 3.05) is 5.01 Å². The summed E-state index contributed by atoms with van der Waals surface area (Å²) < 4.78 is 0. The lowest BCUT2D eigenvalue weighted by Gasteiger charge is -2.21. The maximum atomic E-state index is 5.14. The Morgan fingerprint density at radius 1 is 0.410 bits per heavy atom. The van der Waals surface area contributed by atoms with Crippen molar-refractivity contribution in [2.45, 2.75) is 0 Å². The molecule has 0 unspecified atom stereocenters. The Balaban J connectivity index is 1.31. The van der Waals surface area contributed by atoms with Gasteiger partial charge in [-0.05, 0) is 78.1 Å². The summed E-state index contributed by atoms with van der Waals surface area (Å²) in [5, 5.41) is 19.7. The Morgan fingerprint density at radius 3 is 1.54 bits per heavy atom. The minimum Gasteiger partial charge on any atom is -0.234 e. The molecule has 2 heteroatoms. The summed E-state index contributed by atoms with van der Waals surface area (Å²) in [6.07, 6.45) is 2.01. The number of hydrazone groups is 1. The molecule has 0 spiro atoms. The second-order valence-corrected chi connectivity index (χ2v) is 10.1. The smallest absolute Gasteiger partial charge is 0.0659 e. The molecule has 8 aromatic carbocycles. The van der Waals surface area contributed by atoms with Gasteiger partial charge in [-0.25, -0.2) is 5.01 Å². The standard InChI is InChI=1S/C37H24N2/c1-3-8-30-22-33(19-16-25(30)6-1)39(34-20-17-26-7-2-4-9-31(26)23-34)38-24-32-15-14-29-13-12-27-10-5-11-28-18-21-35(32)37(29)36(27)28/h1-24H. The van der Waals surface area contributed by atoms with Crippen LogP contribution in [-0.4, -0.2) is 6.21 Å². The fourth-order valence-electron chi connectivity index (χ4n) is 5.89. The summed E-state index contributed by atoms with van der Waals surface area (Å²) in [7, 11) is 0. The lowest BCUT2D eigenvalue weighted by Crippen LogP contribution is -2.09. The highest BCUT2D eigenvalue weighted by atomic mass is 15.5. The summed E-state index contributed by atoms with van der Waals surface area (Å²) in [6.45, 7) is 0. The topological polar surface area (TPSA) is 15.6 Å². The van der Waals surface area contributed by atoms with Crippen LogP contribution < -0.4 is 5.01 Å². The molecule has 0 bridgehead atoms. The summed E-state index contributed by atoms with van der Waals surface area (Å²) >= 11 is 0. The molecule has 0 radical (unpaired) electrons. The van der Waals surface area contributed by atoms with E-state index in [1.165, 1.54) is 53.9 Å². The van der Waals surface area contributed by atoms with Gasteiger partial charge in [0, 0.05) is 5.56 Å². The van der Waals surface area contributed by atoms with Crippen molar-refractivity contribution in [3.8, 4) is 0 Å². The Labute approximate surface area is 226 Å². The first kappa shape index (κ1) is 21.8. The number of anilines is 2. The van der Waals surface area contributed by atoms with Gasteiger partial charge in [-0.15, -0.1) is 0 Å². The van der Waals surface area contributed by atoms with Crippen molar-refractivity contribution in [1.29, 1.82) is 0 Å². The van der Waals surface area contributed by atoms with Gasteiger partial charge < -0.3 is 0 Å². The van der Waals surface area contributed by atoms with Crippen LogP contribution in [0.3, 0.4) is 0 Å². The van der Waals surface area contributed by atoms with Crippen LogP contribution in [0.2, 0.25) is 0 Å². The molecule has 39 heavy (non-hydrogen) atoms. The van der Waals surface area contributed by atoms with Gasteiger partial charge in [0.05, 0.1) is 17.6 Å². The summed E-state index contributed by atoms with van der Waals surface area (Å²) in [5.74, 6) is 0. The summed E-state index contributed by atoms with van der Waals surface area (Å²) in [6, 6.07) is 49.8. The molecule has 182 valence electrons. The largest absolute Gasteiger partial charge is 0.234 e. The highest BCUT2D eigenvalue weighted by Crippen LogP contribution is 2.36. The van der Waals surface area contributed by atoms with Crippen LogP contribution in [0.5, 0.6) is 0 Å². The Kier molecular flexibility index (Phi) is 4.86. The molecule has 8 aromatic rings. The lowest BCUT2D eigenvalue weighted by molar-refractivity contribution is 1.10. The normalized spacial score (nSPS) is 12.0. The minimum atomic E-state index is 1.03. The van der Waals surface area contributed by atoms with Crippen LogP contribution in [0.4, 0.5) is 11.4 Å². The van der Waals surface area contributed by atoms with Crippen molar-refractivity contribution >= 4 is 71.5 Å². The van der Waals surface area contributed by atoms with Crippen molar-refractivity contribution in [1.82, 2.24) is 0 Å². The zero-order valence-electron chi connectivity index (χ0n) is 21.3. The van der Waals surface area contributed by atoms with Crippen LogP contribution in [0.15, 0.2) is 145 Å². The fraction of sp³-hybridized carbons (Fsp3) is 0. The molecule has 0 saturated carbocycles. The summed E-state index contributed by atoms with van der Waals surface area (Å²) in [5.41, 5.74) is 3.16. The zero-order chi connectivity index (χ0) is 25.8. The molecule has 0 amide bonds. The van der Waals surface area contributed by atoms with Crippen molar-refractivity contribution in [3.63, 3.8) is 0 Å². The number of benzene rings is 8. The van der Waals surface area contributed by atoms with E-state index in [0.29, 0.717) is 0 Å². The third kappa shape index (κ3) is 3.61. The average molecular weight is 497 g/mol. The maximum absolute atomic E-state index is 5.14. The van der Waals surface area contributed by atoms with Crippen LogP contribution in [-0.2, 0) is 0 Å². The number of hydrogen-bond donors (Lipinski definition) is 0. The number of rotatable bonds is 4. The van der Waals surface area contributed by atoms with Gasteiger partial charge in [0.25, 0.3) is 0 Å². The predicted octanol–water partition coefficient (Wildman–Crippen LogP) is 10.1. The van der Waals surface area contributed by atoms with E-state index >= 15 is 0 Å². The first-order chi connectivity index (χ1) is 19.3. The van der Waals surface area contributed by atoms with E-state index < -0.39 is 0 Å². The molecule has 0 aliphatic heterocycles. The Hall–Kier alpha value is -5.21. The molecule has 0 heterocycles. The van der Waals surface area contributed by atoms with Gasteiger partial charge in [0.2, 0.25) is 0 Å². The number of fused-ring (bicyclic) bond motifs is 2. The maximum Gasteiger partial charge on any atom is 0.0659 e. The number of nitrogens with zero attached hydrogens (tertiary/aromatic N) is 2. The van der Waals surface area contributed by atoms with E-state index in [1.807, 2.05) is 6.21 Å². The predicted molar refractivity (Wildman–Crippen MR) is 168 cm³/mol. The van der Waals surface area contributed by atoms with Crippen LogP contribution in [0, 0.1) is 0 Å². The molecule has 2 nitrogen and oxygen atoms in total. The molecule has 8 rings (SSSR count). The van der Waals surface area contributed by atoms with E-state index in [4.69, 9.17) is 5.10 Å². The third-order valence-electron chi connectivity index (χ3n) is 7.83. The average Bonchev–Trinajstić information content (AvgIpc) is 3.00. The van der Waals surface area contributed by atoms with Crippen LogP contribution in [0.25, 0.3) is 53.9 Å². The quantitative estimate of drug-likeness (QED) is 0.134. The monoisotopic (exact) mass is 496 g/mol.